The third kappa shape index (κ3) is 4.96. The van der Waals surface area contributed by atoms with Crippen molar-refractivity contribution in [2.75, 3.05) is 13.1 Å². The van der Waals surface area contributed by atoms with Crippen molar-refractivity contribution in [3.8, 4) is 0 Å². The van der Waals surface area contributed by atoms with Crippen LogP contribution in [0.2, 0.25) is 0 Å². The van der Waals surface area contributed by atoms with Crippen LogP contribution in [0, 0.1) is 5.92 Å². The summed E-state index contributed by atoms with van der Waals surface area (Å²) in [6, 6.07) is 0. The molecule has 1 rings (SSSR count). The summed E-state index contributed by atoms with van der Waals surface area (Å²) < 4.78 is 36.1. The van der Waals surface area contributed by atoms with E-state index < -0.39 is 36.3 Å². The van der Waals surface area contributed by atoms with Gasteiger partial charge in [-0.1, -0.05) is 0 Å². The highest BCUT2D eigenvalue weighted by Gasteiger charge is 2.39. The first kappa shape index (κ1) is 16.2. The van der Waals surface area contributed by atoms with Gasteiger partial charge < -0.3 is 20.6 Å². The van der Waals surface area contributed by atoms with Crippen LogP contribution in [-0.2, 0) is 4.79 Å². The van der Waals surface area contributed by atoms with E-state index in [1.54, 1.807) is 0 Å². The molecule has 5 nitrogen and oxygen atoms in total. The topological polar surface area (TPSA) is 89.8 Å². The molecule has 1 atom stereocenters. The van der Waals surface area contributed by atoms with Gasteiger partial charge in [0.05, 0.1) is 11.5 Å². The highest BCUT2D eigenvalue weighted by atomic mass is 19.4. The Hall–Kier alpha value is -0.860. The maximum absolute atomic E-state index is 12.0. The van der Waals surface area contributed by atoms with E-state index in [1.807, 2.05) is 0 Å². The first-order valence-electron chi connectivity index (χ1n) is 6.05. The summed E-state index contributed by atoms with van der Waals surface area (Å²) in [7, 11) is 0. The first-order chi connectivity index (χ1) is 8.64. The van der Waals surface area contributed by atoms with E-state index in [2.05, 4.69) is 5.32 Å². The maximum atomic E-state index is 12.0. The van der Waals surface area contributed by atoms with Crippen molar-refractivity contribution in [2.24, 2.45) is 5.92 Å². The van der Waals surface area contributed by atoms with Gasteiger partial charge in [-0.3, -0.25) is 4.79 Å². The van der Waals surface area contributed by atoms with E-state index in [4.69, 9.17) is 10.2 Å². The fourth-order valence-corrected chi connectivity index (χ4v) is 2.14. The number of carboxylic acid groups (broad SMARTS) is 1. The third-order valence-electron chi connectivity index (χ3n) is 3.44. The molecule has 0 heterocycles. The van der Waals surface area contributed by atoms with E-state index in [0.717, 1.165) is 0 Å². The second-order valence-electron chi connectivity index (χ2n) is 5.03. The molecule has 0 aromatic rings. The fraction of sp³-hybridized carbons (Fsp3) is 0.909. The molecule has 0 spiro atoms. The number of hydrogen-bond donors (Lipinski definition) is 4. The minimum absolute atomic E-state index is 0.0908. The molecule has 0 aliphatic heterocycles. The van der Waals surface area contributed by atoms with Crippen molar-refractivity contribution >= 4 is 5.97 Å². The summed E-state index contributed by atoms with van der Waals surface area (Å²) in [5, 5.41) is 30.0. The van der Waals surface area contributed by atoms with E-state index >= 15 is 0 Å². The SMILES string of the molecule is O=C(O)C1CCC(O)(CNCC(O)C(F)(F)F)CC1. The van der Waals surface area contributed by atoms with Crippen molar-refractivity contribution in [1.82, 2.24) is 5.32 Å². The van der Waals surface area contributed by atoms with Crippen molar-refractivity contribution in [2.45, 2.75) is 43.6 Å². The van der Waals surface area contributed by atoms with Crippen LogP contribution in [0.3, 0.4) is 0 Å². The molecule has 1 saturated carbocycles. The third-order valence-corrected chi connectivity index (χ3v) is 3.44. The second-order valence-corrected chi connectivity index (χ2v) is 5.03. The van der Waals surface area contributed by atoms with Crippen LogP contribution in [0.5, 0.6) is 0 Å². The van der Waals surface area contributed by atoms with Crippen molar-refractivity contribution < 1.29 is 33.3 Å². The molecule has 0 radical (unpaired) electrons. The molecule has 0 bridgehead atoms. The Balaban J connectivity index is 2.32. The lowest BCUT2D eigenvalue weighted by Crippen LogP contribution is -2.48. The molecule has 0 aromatic heterocycles. The Kier molecular flexibility index (Phi) is 5.17. The largest absolute Gasteiger partial charge is 0.481 e. The summed E-state index contributed by atoms with van der Waals surface area (Å²) in [6.07, 6.45) is -6.11. The number of carbonyl (C=O) groups is 1. The highest BCUT2D eigenvalue weighted by Crippen LogP contribution is 2.31. The Morgan fingerprint density at radius 3 is 2.32 bits per heavy atom. The quantitative estimate of drug-likeness (QED) is 0.591. The van der Waals surface area contributed by atoms with Crippen LogP contribution in [-0.4, -0.2) is 52.3 Å². The Morgan fingerprint density at radius 1 is 1.37 bits per heavy atom. The van der Waals surface area contributed by atoms with E-state index in [-0.39, 0.29) is 19.4 Å². The lowest BCUT2D eigenvalue weighted by atomic mass is 9.79. The summed E-state index contributed by atoms with van der Waals surface area (Å²) in [5.74, 6) is -1.41. The van der Waals surface area contributed by atoms with Gasteiger partial charge in [0.15, 0.2) is 6.10 Å². The van der Waals surface area contributed by atoms with Crippen LogP contribution >= 0.6 is 0 Å². The van der Waals surface area contributed by atoms with Crippen LogP contribution < -0.4 is 5.32 Å². The summed E-state index contributed by atoms with van der Waals surface area (Å²) in [4.78, 5) is 10.7. The molecule has 1 aliphatic carbocycles. The van der Waals surface area contributed by atoms with E-state index in [0.29, 0.717) is 12.8 Å². The molecule has 0 aromatic carbocycles. The lowest BCUT2D eigenvalue weighted by molar-refractivity contribution is -0.202. The average molecular weight is 285 g/mol. The van der Waals surface area contributed by atoms with Gasteiger partial charge in [0.1, 0.15) is 0 Å². The summed E-state index contributed by atoms with van der Waals surface area (Å²) >= 11 is 0. The zero-order chi connectivity index (χ0) is 14.7. The normalized spacial score (nSPS) is 30.1. The predicted molar refractivity (Wildman–Crippen MR) is 59.5 cm³/mol. The molecule has 19 heavy (non-hydrogen) atoms. The molecule has 4 N–H and O–H groups in total. The van der Waals surface area contributed by atoms with Gasteiger partial charge in [-0.25, -0.2) is 0 Å². The number of aliphatic hydroxyl groups excluding tert-OH is 1. The van der Waals surface area contributed by atoms with Gasteiger partial charge in [0, 0.05) is 13.1 Å². The van der Waals surface area contributed by atoms with Gasteiger partial charge in [0.2, 0.25) is 0 Å². The zero-order valence-electron chi connectivity index (χ0n) is 10.3. The van der Waals surface area contributed by atoms with Crippen molar-refractivity contribution in [3.63, 3.8) is 0 Å². The minimum Gasteiger partial charge on any atom is -0.481 e. The standard InChI is InChI=1S/C11H18F3NO4/c12-11(13,14)8(16)5-15-6-10(19)3-1-7(2-4-10)9(17)18/h7-8,15-16,19H,1-6H2,(H,17,18). The Labute approximate surface area is 108 Å². The van der Waals surface area contributed by atoms with Crippen molar-refractivity contribution in [3.05, 3.63) is 0 Å². The van der Waals surface area contributed by atoms with Crippen LogP contribution in [0.1, 0.15) is 25.7 Å². The monoisotopic (exact) mass is 285 g/mol. The first-order valence-corrected chi connectivity index (χ1v) is 6.05. The number of aliphatic hydroxyl groups is 2. The van der Waals surface area contributed by atoms with Gasteiger partial charge in [0.25, 0.3) is 0 Å². The van der Waals surface area contributed by atoms with Crippen LogP contribution in [0.15, 0.2) is 0 Å². The number of halogens is 3. The van der Waals surface area contributed by atoms with Crippen molar-refractivity contribution in [1.29, 1.82) is 0 Å². The maximum Gasteiger partial charge on any atom is 0.415 e. The number of hydrogen-bond acceptors (Lipinski definition) is 4. The number of rotatable bonds is 5. The second kappa shape index (κ2) is 6.06. The van der Waals surface area contributed by atoms with Gasteiger partial charge in [-0.2, -0.15) is 13.2 Å². The van der Waals surface area contributed by atoms with Crippen LogP contribution in [0.4, 0.5) is 13.2 Å². The molecule has 0 saturated heterocycles. The number of nitrogens with one attached hydrogen (secondary N) is 1. The van der Waals surface area contributed by atoms with Gasteiger partial charge in [-0.05, 0) is 25.7 Å². The molecule has 1 aliphatic rings. The van der Waals surface area contributed by atoms with Gasteiger partial charge in [-0.15, -0.1) is 0 Å². The van der Waals surface area contributed by atoms with E-state index in [9.17, 15) is 23.1 Å². The minimum atomic E-state index is -4.68. The zero-order valence-corrected chi connectivity index (χ0v) is 10.3. The molecular weight excluding hydrogens is 267 g/mol. The smallest absolute Gasteiger partial charge is 0.415 e. The molecule has 1 unspecified atom stereocenters. The van der Waals surface area contributed by atoms with E-state index in [1.165, 1.54) is 0 Å². The Morgan fingerprint density at radius 2 is 1.89 bits per heavy atom. The number of alkyl halides is 3. The van der Waals surface area contributed by atoms with Gasteiger partial charge >= 0.3 is 12.1 Å². The molecule has 112 valence electrons. The lowest BCUT2D eigenvalue weighted by Gasteiger charge is -2.35. The molecule has 1 fully saturated rings. The number of carboxylic acids is 1. The predicted octanol–water partition coefficient (Wildman–Crippen LogP) is 0.505. The highest BCUT2D eigenvalue weighted by molar-refractivity contribution is 5.70. The number of aliphatic carboxylic acids is 1. The molecule has 0 amide bonds. The summed E-state index contributed by atoms with van der Waals surface area (Å²) in [6.45, 7) is -0.777. The average Bonchev–Trinajstić information content (AvgIpc) is 2.28. The molecule has 8 heteroatoms. The fourth-order valence-electron chi connectivity index (χ4n) is 2.14. The Bertz CT molecular complexity index is 314. The molecular formula is C11H18F3NO4. The van der Waals surface area contributed by atoms with Crippen LogP contribution in [0.25, 0.3) is 0 Å². The summed E-state index contributed by atoms with van der Waals surface area (Å²) in [5.41, 5.74) is -1.20.